The lowest BCUT2D eigenvalue weighted by molar-refractivity contribution is -0.117. The first-order chi connectivity index (χ1) is 11.6. The van der Waals surface area contributed by atoms with E-state index in [-0.39, 0.29) is 5.75 Å². The summed E-state index contributed by atoms with van der Waals surface area (Å²) in [5.74, 6) is -0.338. The molecule has 0 saturated heterocycles. The summed E-state index contributed by atoms with van der Waals surface area (Å²) in [5.41, 5.74) is 0.799. The molecule has 1 aromatic heterocycles. The number of hydrogen-bond donors (Lipinski definition) is 2. The number of carbonyl (C=O) groups is 2. The summed E-state index contributed by atoms with van der Waals surface area (Å²) >= 11 is 7.17. The van der Waals surface area contributed by atoms with Gasteiger partial charge in [-0.3, -0.25) is 14.7 Å². The van der Waals surface area contributed by atoms with Crippen molar-refractivity contribution in [2.45, 2.75) is 24.9 Å². The van der Waals surface area contributed by atoms with Gasteiger partial charge in [0.15, 0.2) is 5.16 Å². The number of nitrogens with zero attached hydrogens (tertiary/aromatic N) is 3. The van der Waals surface area contributed by atoms with Crippen LogP contribution in [0.25, 0.3) is 5.69 Å². The first kappa shape index (κ1) is 18.3. The molecule has 1 aromatic carbocycles. The Labute approximate surface area is 149 Å². The first-order valence-electron chi connectivity index (χ1n) is 7.46. The molecule has 0 aliphatic heterocycles. The van der Waals surface area contributed by atoms with Crippen LogP contribution in [0.2, 0.25) is 5.02 Å². The van der Waals surface area contributed by atoms with Gasteiger partial charge in [0.1, 0.15) is 6.33 Å². The molecular formula is C15H18ClN5O2S. The maximum Gasteiger partial charge on any atom is 0.321 e. The standard InChI is InChI=1S/C15H18ClN5O2S/c1-2-3-7-17-14(23)19-13(22)9-24-15-20-18-10-21(15)12-6-4-5-11(16)8-12/h4-6,8,10H,2-3,7,9H2,1H3,(H2,17,19,22,23). The zero-order chi connectivity index (χ0) is 17.4. The minimum atomic E-state index is -0.481. The number of urea groups is 1. The molecule has 2 N–H and O–H groups in total. The van der Waals surface area contributed by atoms with Gasteiger partial charge in [-0.2, -0.15) is 0 Å². The monoisotopic (exact) mass is 367 g/mol. The minimum absolute atomic E-state index is 0.0560. The third-order valence-corrected chi connectivity index (χ3v) is 4.18. The number of rotatable bonds is 7. The largest absolute Gasteiger partial charge is 0.338 e. The highest BCUT2D eigenvalue weighted by Gasteiger charge is 2.12. The SMILES string of the molecule is CCCCNC(=O)NC(=O)CSc1nncn1-c1cccc(Cl)c1. The number of imide groups is 1. The zero-order valence-corrected chi connectivity index (χ0v) is 14.7. The highest BCUT2D eigenvalue weighted by molar-refractivity contribution is 7.99. The van der Waals surface area contributed by atoms with Crippen LogP contribution in [0.4, 0.5) is 4.79 Å². The van der Waals surface area contributed by atoms with Crippen molar-refractivity contribution in [1.82, 2.24) is 25.4 Å². The Kier molecular flexibility index (Phi) is 7.07. The number of aromatic nitrogens is 3. The average molecular weight is 368 g/mol. The highest BCUT2D eigenvalue weighted by Crippen LogP contribution is 2.21. The number of benzene rings is 1. The molecule has 2 rings (SSSR count). The molecule has 0 aliphatic rings. The van der Waals surface area contributed by atoms with Gasteiger partial charge in [-0.25, -0.2) is 4.79 Å². The molecule has 0 atom stereocenters. The molecule has 7 nitrogen and oxygen atoms in total. The minimum Gasteiger partial charge on any atom is -0.338 e. The molecule has 1 heterocycles. The second-order valence-electron chi connectivity index (χ2n) is 4.91. The predicted octanol–water partition coefficient (Wildman–Crippen LogP) is 2.64. The summed E-state index contributed by atoms with van der Waals surface area (Å²) in [4.78, 5) is 23.3. The van der Waals surface area contributed by atoms with E-state index in [1.165, 1.54) is 11.8 Å². The molecule has 3 amide bonds. The van der Waals surface area contributed by atoms with Crippen LogP contribution in [0, 0.1) is 0 Å². The van der Waals surface area contributed by atoms with Gasteiger partial charge in [-0.1, -0.05) is 42.8 Å². The van der Waals surface area contributed by atoms with Crippen LogP contribution in [0.1, 0.15) is 19.8 Å². The molecule has 9 heteroatoms. The van der Waals surface area contributed by atoms with Crippen LogP contribution >= 0.6 is 23.4 Å². The van der Waals surface area contributed by atoms with Gasteiger partial charge in [-0.05, 0) is 24.6 Å². The lowest BCUT2D eigenvalue weighted by Crippen LogP contribution is -2.40. The Bertz CT molecular complexity index is 707. The van der Waals surface area contributed by atoms with Crippen LogP contribution in [0.3, 0.4) is 0 Å². The molecule has 0 spiro atoms. The molecule has 0 bridgehead atoms. The fraction of sp³-hybridized carbons (Fsp3) is 0.333. The van der Waals surface area contributed by atoms with Crippen molar-refractivity contribution in [3.05, 3.63) is 35.6 Å². The molecule has 2 aromatic rings. The molecule has 0 fully saturated rings. The fourth-order valence-corrected chi connectivity index (χ4v) is 2.76. The van der Waals surface area contributed by atoms with E-state index in [1.807, 2.05) is 19.1 Å². The number of carbonyl (C=O) groups excluding carboxylic acids is 2. The maximum absolute atomic E-state index is 11.8. The summed E-state index contributed by atoms with van der Waals surface area (Å²) in [6.07, 6.45) is 3.39. The smallest absolute Gasteiger partial charge is 0.321 e. The van der Waals surface area contributed by atoms with E-state index in [0.717, 1.165) is 18.5 Å². The number of halogens is 1. The Morgan fingerprint density at radius 1 is 1.38 bits per heavy atom. The van der Waals surface area contributed by atoms with E-state index in [0.29, 0.717) is 16.7 Å². The molecule has 0 aliphatic carbocycles. The predicted molar refractivity (Wildman–Crippen MR) is 93.5 cm³/mol. The number of hydrogen-bond acceptors (Lipinski definition) is 5. The van der Waals surface area contributed by atoms with Crippen molar-refractivity contribution >= 4 is 35.3 Å². The van der Waals surface area contributed by atoms with Gasteiger partial charge >= 0.3 is 6.03 Å². The topological polar surface area (TPSA) is 88.9 Å². The van der Waals surface area contributed by atoms with Crippen molar-refractivity contribution in [2.24, 2.45) is 0 Å². The van der Waals surface area contributed by atoms with Crippen LogP contribution < -0.4 is 10.6 Å². The summed E-state index contributed by atoms with van der Waals surface area (Å²) in [7, 11) is 0. The lowest BCUT2D eigenvalue weighted by atomic mass is 10.3. The highest BCUT2D eigenvalue weighted by atomic mass is 35.5. The number of unbranched alkanes of at least 4 members (excludes halogenated alkanes) is 1. The second-order valence-corrected chi connectivity index (χ2v) is 6.29. The molecule has 0 unspecified atom stereocenters. The quantitative estimate of drug-likeness (QED) is 0.580. The Morgan fingerprint density at radius 3 is 2.96 bits per heavy atom. The maximum atomic E-state index is 11.8. The third kappa shape index (κ3) is 5.54. The number of thioether (sulfide) groups is 1. The first-order valence-corrected chi connectivity index (χ1v) is 8.83. The number of nitrogens with one attached hydrogen (secondary N) is 2. The van der Waals surface area contributed by atoms with Gasteiger partial charge in [0.25, 0.3) is 0 Å². The van der Waals surface area contributed by atoms with Crippen LogP contribution in [-0.2, 0) is 4.79 Å². The lowest BCUT2D eigenvalue weighted by Gasteiger charge is -2.07. The second kappa shape index (κ2) is 9.29. The zero-order valence-electron chi connectivity index (χ0n) is 13.2. The molecule has 24 heavy (non-hydrogen) atoms. The molecular weight excluding hydrogens is 350 g/mol. The van der Waals surface area contributed by atoms with Crippen LogP contribution in [0.5, 0.6) is 0 Å². The van der Waals surface area contributed by atoms with Crippen molar-refractivity contribution < 1.29 is 9.59 Å². The summed E-state index contributed by atoms with van der Waals surface area (Å²) in [5, 5.41) is 13.9. The molecule has 0 saturated carbocycles. The van der Waals surface area contributed by atoms with Crippen molar-refractivity contribution in [3.63, 3.8) is 0 Å². The van der Waals surface area contributed by atoms with Gasteiger partial charge in [-0.15, -0.1) is 10.2 Å². The van der Waals surface area contributed by atoms with Gasteiger partial charge in [0.05, 0.1) is 11.4 Å². The molecule has 128 valence electrons. The summed E-state index contributed by atoms with van der Waals surface area (Å²) in [6, 6.07) is 6.74. The van der Waals surface area contributed by atoms with E-state index in [4.69, 9.17) is 11.6 Å². The van der Waals surface area contributed by atoms with Gasteiger partial charge < -0.3 is 5.32 Å². The van der Waals surface area contributed by atoms with Crippen molar-refractivity contribution in [3.8, 4) is 5.69 Å². The third-order valence-electron chi connectivity index (χ3n) is 3.00. The normalized spacial score (nSPS) is 10.4. The van der Waals surface area contributed by atoms with Gasteiger partial charge in [0, 0.05) is 11.6 Å². The Hall–Kier alpha value is -2.06. The van der Waals surface area contributed by atoms with E-state index in [1.54, 1.807) is 23.0 Å². The van der Waals surface area contributed by atoms with Crippen molar-refractivity contribution in [1.29, 1.82) is 0 Å². The number of amides is 3. The summed E-state index contributed by atoms with van der Waals surface area (Å²) < 4.78 is 1.73. The van der Waals surface area contributed by atoms with E-state index >= 15 is 0 Å². The van der Waals surface area contributed by atoms with E-state index < -0.39 is 11.9 Å². The Balaban J connectivity index is 1.88. The van der Waals surface area contributed by atoms with Gasteiger partial charge in [0.2, 0.25) is 5.91 Å². The fourth-order valence-electron chi connectivity index (χ4n) is 1.84. The van der Waals surface area contributed by atoms with E-state index in [2.05, 4.69) is 20.8 Å². The van der Waals surface area contributed by atoms with E-state index in [9.17, 15) is 9.59 Å². The van der Waals surface area contributed by atoms with Crippen molar-refractivity contribution in [2.75, 3.05) is 12.3 Å². The Morgan fingerprint density at radius 2 is 2.21 bits per heavy atom. The van der Waals surface area contributed by atoms with Crippen LogP contribution in [-0.4, -0.2) is 39.0 Å². The molecule has 0 radical (unpaired) electrons. The summed E-state index contributed by atoms with van der Waals surface area (Å²) in [6.45, 7) is 2.57. The van der Waals surface area contributed by atoms with Crippen LogP contribution in [0.15, 0.2) is 35.7 Å². The average Bonchev–Trinajstić information content (AvgIpc) is 3.01.